The fourth-order valence-corrected chi connectivity index (χ4v) is 1.82. The highest BCUT2D eigenvalue weighted by Gasteiger charge is 2.22. The minimum absolute atomic E-state index is 0.301. The molecule has 4 heteroatoms. The van der Waals surface area contributed by atoms with Crippen LogP contribution in [0.15, 0.2) is 41.9 Å². The van der Waals surface area contributed by atoms with Gasteiger partial charge >= 0.3 is 0 Å². The number of ether oxygens (including phenoxy) is 1. The van der Waals surface area contributed by atoms with Crippen molar-refractivity contribution in [1.29, 1.82) is 0 Å². The van der Waals surface area contributed by atoms with Crippen molar-refractivity contribution in [2.75, 3.05) is 19.7 Å². The molecule has 0 amide bonds. The molecule has 1 aromatic carbocycles. The van der Waals surface area contributed by atoms with Gasteiger partial charge in [0.05, 0.1) is 13.2 Å². The van der Waals surface area contributed by atoms with E-state index < -0.39 is 0 Å². The third-order valence-corrected chi connectivity index (χ3v) is 2.71. The van der Waals surface area contributed by atoms with Crippen molar-refractivity contribution in [2.24, 2.45) is 10.7 Å². The van der Waals surface area contributed by atoms with Crippen molar-refractivity contribution in [3.63, 3.8) is 0 Å². The number of nitrogens with two attached hydrogens (primary N) is 1. The molecule has 1 aliphatic rings. The van der Waals surface area contributed by atoms with E-state index in [1.807, 2.05) is 18.2 Å². The standard InChI is InChI=1S/C13H17N3O/c1-2-7-15-13(14)16-8-10-9-17-12-6-4-3-5-11(10)12/h2-6,10H,1,7-9H2,(H3,14,15,16). The molecular weight excluding hydrogens is 214 g/mol. The van der Waals surface area contributed by atoms with Crippen LogP contribution in [-0.2, 0) is 0 Å². The number of aliphatic imine (C=N–C) groups is 1. The van der Waals surface area contributed by atoms with Crippen molar-refractivity contribution >= 4 is 5.96 Å². The number of rotatable bonds is 4. The fraction of sp³-hybridized carbons (Fsp3) is 0.308. The van der Waals surface area contributed by atoms with Crippen LogP contribution < -0.4 is 15.8 Å². The Morgan fingerprint density at radius 3 is 3.24 bits per heavy atom. The molecule has 2 rings (SSSR count). The molecule has 0 radical (unpaired) electrons. The summed E-state index contributed by atoms with van der Waals surface area (Å²) in [5.74, 6) is 1.72. The molecular formula is C13H17N3O. The number of hydrogen-bond acceptors (Lipinski definition) is 2. The third-order valence-electron chi connectivity index (χ3n) is 2.71. The summed E-state index contributed by atoms with van der Waals surface area (Å²) >= 11 is 0. The number of benzene rings is 1. The Morgan fingerprint density at radius 2 is 2.41 bits per heavy atom. The van der Waals surface area contributed by atoms with Crippen molar-refractivity contribution in [2.45, 2.75) is 5.92 Å². The number of fused-ring (bicyclic) bond motifs is 1. The highest BCUT2D eigenvalue weighted by atomic mass is 16.5. The average molecular weight is 231 g/mol. The van der Waals surface area contributed by atoms with Crippen LogP contribution in [0.2, 0.25) is 0 Å². The van der Waals surface area contributed by atoms with Gasteiger partial charge in [-0.25, -0.2) is 0 Å². The first kappa shape index (κ1) is 11.5. The maximum absolute atomic E-state index is 5.71. The number of nitrogens with one attached hydrogen (secondary N) is 1. The first-order valence-corrected chi connectivity index (χ1v) is 5.67. The van der Waals surface area contributed by atoms with Crippen LogP contribution in [0.5, 0.6) is 5.75 Å². The molecule has 0 bridgehead atoms. The summed E-state index contributed by atoms with van der Waals surface area (Å²) < 4.78 is 5.58. The quantitative estimate of drug-likeness (QED) is 0.466. The Balaban J connectivity index is 1.95. The maximum Gasteiger partial charge on any atom is 0.188 e. The van der Waals surface area contributed by atoms with E-state index in [1.54, 1.807) is 6.08 Å². The minimum atomic E-state index is 0.301. The van der Waals surface area contributed by atoms with Gasteiger partial charge in [0.1, 0.15) is 5.75 Å². The molecule has 4 nitrogen and oxygen atoms in total. The summed E-state index contributed by atoms with van der Waals surface area (Å²) in [6, 6.07) is 8.06. The lowest BCUT2D eigenvalue weighted by molar-refractivity contribution is 0.333. The molecule has 17 heavy (non-hydrogen) atoms. The van der Waals surface area contributed by atoms with Crippen molar-refractivity contribution in [1.82, 2.24) is 5.32 Å². The van der Waals surface area contributed by atoms with Gasteiger partial charge in [-0.1, -0.05) is 24.3 Å². The van der Waals surface area contributed by atoms with Gasteiger partial charge in [-0.05, 0) is 6.07 Å². The fourth-order valence-electron chi connectivity index (χ4n) is 1.82. The lowest BCUT2D eigenvalue weighted by Gasteiger charge is -2.06. The topological polar surface area (TPSA) is 59.6 Å². The van der Waals surface area contributed by atoms with Crippen LogP contribution in [0.1, 0.15) is 11.5 Å². The van der Waals surface area contributed by atoms with Crippen molar-refractivity contribution < 1.29 is 4.74 Å². The molecule has 90 valence electrons. The zero-order chi connectivity index (χ0) is 12.1. The van der Waals surface area contributed by atoms with Crippen LogP contribution in [-0.4, -0.2) is 25.7 Å². The molecule has 0 aliphatic carbocycles. The van der Waals surface area contributed by atoms with Crippen LogP contribution in [0.3, 0.4) is 0 Å². The van der Waals surface area contributed by atoms with Gasteiger partial charge in [0.15, 0.2) is 5.96 Å². The number of guanidine groups is 1. The predicted octanol–water partition coefficient (Wildman–Crippen LogP) is 1.25. The highest BCUT2D eigenvalue weighted by molar-refractivity contribution is 5.78. The third kappa shape index (κ3) is 2.78. The van der Waals surface area contributed by atoms with E-state index in [0.29, 0.717) is 31.6 Å². The van der Waals surface area contributed by atoms with E-state index in [4.69, 9.17) is 10.5 Å². The Labute approximate surface area is 101 Å². The Morgan fingerprint density at radius 1 is 1.59 bits per heavy atom. The lowest BCUT2D eigenvalue weighted by atomic mass is 10.0. The van der Waals surface area contributed by atoms with Gasteiger partial charge in [-0.15, -0.1) is 6.58 Å². The van der Waals surface area contributed by atoms with Gasteiger partial charge in [0.2, 0.25) is 0 Å². The van der Waals surface area contributed by atoms with E-state index in [0.717, 1.165) is 5.75 Å². The van der Waals surface area contributed by atoms with Crippen molar-refractivity contribution in [3.8, 4) is 5.75 Å². The summed E-state index contributed by atoms with van der Waals surface area (Å²) in [5.41, 5.74) is 6.92. The zero-order valence-electron chi connectivity index (χ0n) is 9.73. The summed E-state index contributed by atoms with van der Waals surface area (Å²) in [5, 5.41) is 2.95. The molecule has 0 saturated carbocycles. The molecule has 0 spiro atoms. The molecule has 1 heterocycles. The second kappa shape index (κ2) is 5.39. The van der Waals surface area contributed by atoms with E-state index in [-0.39, 0.29) is 0 Å². The first-order valence-electron chi connectivity index (χ1n) is 5.67. The number of hydrogen-bond donors (Lipinski definition) is 2. The molecule has 1 aromatic rings. The second-order valence-electron chi connectivity index (χ2n) is 3.94. The molecule has 1 aliphatic heterocycles. The van der Waals surface area contributed by atoms with E-state index in [2.05, 4.69) is 23.0 Å². The summed E-state index contributed by atoms with van der Waals surface area (Å²) in [6.45, 7) is 5.56. The SMILES string of the molecule is C=CCNC(N)=NCC1COc2ccccc21. The van der Waals surface area contributed by atoms with Crippen LogP contribution >= 0.6 is 0 Å². The van der Waals surface area contributed by atoms with Crippen LogP contribution in [0, 0.1) is 0 Å². The van der Waals surface area contributed by atoms with Gasteiger partial charge in [-0.3, -0.25) is 4.99 Å². The van der Waals surface area contributed by atoms with E-state index in [1.165, 1.54) is 5.56 Å². The smallest absolute Gasteiger partial charge is 0.188 e. The highest BCUT2D eigenvalue weighted by Crippen LogP contribution is 2.33. The molecule has 0 saturated heterocycles. The Bertz CT molecular complexity index is 428. The Hall–Kier alpha value is -1.97. The average Bonchev–Trinajstić information content (AvgIpc) is 2.77. The van der Waals surface area contributed by atoms with Crippen molar-refractivity contribution in [3.05, 3.63) is 42.5 Å². The first-order chi connectivity index (χ1) is 8.31. The van der Waals surface area contributed by atoms with Gasteiger partial charge in [0, 0.05) is 18.0 Å². The van der Waals surface area contributed by atoms with Crippen LogP contribution in [0.4, 0.5) is 0 Å². The lowest BCUT2D eigenvalue weighted by Crippen LogP contribution is -2.32. The summed E-state index contributed by atoms with van der Waals surface area (Å²) in [4.78, 5) is 4.30. The summed E-state index contributed by atoms with van der Waals surface area (Å²) in [7, 11) is 0. The molecule has 3 N–H and O–H groups in total. The van der Waals surface area contributed by atoms with Gasteiger partial charge in [-0.2, -0.15) is 0 Å². The maximum atomic E-state index is 5.71. The molecule has 1 unspecified atom stereocenters. The largest absolute Gasteiger partial charge is 0.493 e. The number of para-hydroxylation sites is 1. The molecule has 1 atom stereocenters. The monoisotopic (exact) mass is 231 g/mol. The predicted molar refractivity (Wildman–Crippen MR) is 69.4 cm³/mol. The van der Waals surface area contributed by atoms with E-state index in [9.17, 15) is 0 Å². The van der Waals surface area contributed by atoms with Crippen LogP contribution in [0.25, 0.3) is 0 Å². The van der Waals surface area contributed by atoms with E-state index >= 15 is 0 Å². The summed E-state index contributed by atoms with van der Waals surface area (Å²) in [6.07, 6.45) is 1.75. The van der Waals surface area contributed by atoms with Gasteiger partial charge < -0.3 is 15.8 Å². The molecule has 0 fully saturated rings. The normalized spacial score (nSPS) is 18.4. The van der Waals surface area contributed by atoms with Gasteiger partial charge in [0.25, 0.3) is 0 Å². The Kier molecular flexibility index (Phi) is 3.65. The second-order valence-corrected chi connectivity index (χ2v) is 3.94. The number of nitrogens with zero attached hydrogens (tertiary/aromatic N) is 1. The molecule has 0 aromatic heterocycles. The zero-order valence-corrected chi connectivity index (χ0v) is 9.73. The minimum Gasteiger partial charge on any atom is -0.493 e.